The molecule has 0 aromatic heterocycles. The van der Waals surface area contributed by atoms with Gasteiger partial charge < -0.3 is 5.11 Å². The van der Waals surface area contributed by atoms with Gasteiger partial charge in [-0.2, -0.15) is 10.2 Å². The van der Waals surface area contributed by atoms with Gasteiger partial charge in [0.25, 0.3) is 0 Å². The predicted octanol–water partition coefficient (Wildman–Crippen LogP) is 1.82. The third-order valence-electron chi connectivity index (χ3n) is 1.77. The van der Waals surface area contributed by atoms with Gasteiger partial charge in [-0.05, 0) is 6.07 Å². The van der Waals surface area contributed by atoms with Gasteiger partial charge in [-0.15, -0.1) is 0 Å². The summed E-state index contributed by atoms with van der Waals surface area (Å²) in [4.78, 5) is 0. The lowest BCUT2D eigenvalue weighted by atomic mass is 10.1. The van der Waals surface area contributed by atoms with Crippen molar-refractivity contribution in [2.24, 2.45) is 10.2 Å². The first-order valence-corrected chi connectivity index (χ1v) is 3.52. The first-order chi connectivity index (χ1) is 5.42. The van der Waals surface area contributed by atoms with E-state index in [1.54, 1.807) is 0 Å². The zero-order valence-electron chi connectivity index (χ0n) is 5.94. The monoisotopic (exact) mass is 148 g/mol. The van der Waals surface area contributed by atoms with Crippen molar-refractivity contribution in [2.75, 3.05) is 6.61 Å². The van der Waals surface area contributed by atoms with Gasteiger partial charge in [0.1, 0.15) is 6.04 Å². The zero-order valence-corrected chi connectivity index (χ0v) is 5.94. The second kappa shape index (κ2) is 2.43. The lowest BCUT2D eigenvalue weighted by Gasteiger charge is -2.01. The quantitative estimate of drug-likeness (QED) is 0.648. The smallest absolute Gasteiger partial charge is 0.121 e. The number of azo groups is 1. The molecular formula is C8H8N2O. The molecule has 0 radical (unpaired) electrons. The molecule has 0 fully saturated rings. The van der Waals surface area contributed by atoms with Crippen molar-refractivity contribution in [3.8, 4) is 0 Å². The zero-order chi connectivity index (χ0) is 7.68. The molecule has 11 heavy (non-hydrogen) atoms. The van der Waals surface area contributed by atoms with E-state index in [-0.39, 0.29) is 12.6 Å². The third kappa shape index (κ3) is 0.935. The van der Waals surface area contributed by atoms with E-state index in [9.17, 15) is 0 Å². The summed E-state index contributed by atoms with van der Waals surface area (Å²) >= 11 is 0. The molecule has 1 N–H and O–H groups in total. The highest BCUT2D eigenvalue weighted by molar-refractivity contribution is 5.49. The molecule has 0 amide bonds. The Labute approximate surface area is 64.4 Å². The van der Waals surface area contributed by atoms with Crippen molar-refractivity contribution in [1.29, 1.82) is 0 Å². The molecule has 0 saturated carbocycles. The van der Waals surface area contributed by atoms with E-state index in [0.29, 0.717) is 0 Å². The van der Waals surface area contributed by atoms with E-state index in [2.05, 4.69) is 10.2 Å². The minimum Gasteiger partial charge on any atom is -0.394 e. The SMILES string of the molecule is OCC1N=Nc2ccccc21. The van der Waals surface area contributed by atoms with E-state index >= 15 is 0 Å². The Morgan fingerprint density at radius 2 is 2.18 bits per heavy atom. The number of aliphatic hydroxyl groups excluding tert-OH is 1. The van der Waals surface area contributed by atoms with Crippen molar-refractivity contribution in [1.82, 2.24) is 0 Å². The number of nitrogens with zero attached hydrogens (tertiary/aromatic N) is 2. The molecule has 0 aliphatic carbocycles. The van der Waals surface area contributed by atoms with Crippen LogP contribution in [0.2, 0.25) is 0 Å². The van der Waals surface area contributed by atoms with Gasteiger partial charge in [0.05, 0.1) is 12.3 Å². The molecular weight excluding hydrogens is 140 g/mol. The average molecular weight is 148 g/mol. The van der Waals surface area contributed by atoms with Gasteiger partial charge in [-0.3, -0.25) is 0 Å². The number of fused-ring (bicyclic) bond motifs is 1. The van der Waals surface area contributed by atoms with Crippen LogP contribution >= 0.6 is 0 Å². The van der Waals surface area contributed by atoms with Crippen molar-refractivity contribution < 1.29 is 5.11 Å². The standard InChI is InChI=1S/C8H8N2O/c11-5-8-6-3-1-2-4-7(6)9-10-8/h1-4,8,11H,5H2. The lowest BCUT2D eigenvalue weighted by Crippen LogP contribution is -1.95. The van der Waals surface area contributed by atoms with Crippen molar-refractivity contribution in [2.45, 2.75) is 6.04 Å². The maximum Gasteiger partial charge on any atom is 0.121 e. The Bertz CT molecular complexity index is 296. The number of aliphatic hydroxyl groups is 1. The van der Waals surface area contributed by atoms with Crippen LogP contribution in [0.5, 0.6) is 0 Å². The number of rotatable bonds is 1. The average Bonchev–Trinajstić information content (AvgIpc) is 2.47. The first-order valence-electron chi connectivity index (χ1n) is 3.52. The highest BCUT2D eigenvalue weighted by atomic mass is 16.3. The van der Waals surface area contributed by atoms with Gasteiger partial charge in [-0.25, -0.2) is 0 Å². The Hall–Kier alpha value is -1.22. The van der Waals surface area contributed by atoms with E-state index in [1.165, 1.54) is 0 Å². The molecule has 56 valence electrons. The Morgan fingerprint density at radius 1 is 1.36 bits per heavy atom. The van der Waals surface area contributed by atoms with Crippen LogP contribution in [0, 0.1) is 0 Å². The molecule has 2 rings (SSSR count). The molecule has 0 saturated heterocycles. The second-order valence-corrected chi connectivity index (χ2v) is 2.47. The largest absolute Gasteiger partial charge is 0.394 e. The second-order valence-electron chi connectivity index (χ2n) is 2.47. The van der Waals surface area contributed by atoms with E-state index in [0.717, 1.165) is 11.3 Å². The van der Waals surface area contributed by atoms with Crippen molar-refractivity contribution in [3.63, 3.8) is 0 Å². The molecule has 1 heterocycles. The predicted molar refractivity (Wildman–Crippen MR) is 40.8 cm³/mol. The van der Waals surface area contributed by atoms with Crippen LogP contribution in [0.3, 0.4) is 0 Å². The highest BCUT2D eigenvalue weighted by Gasteiger charge is 2.17. The van der Waals surface area contributed by atoms with Crippen LogP contribution in [0.4, 0.5) is 5.69 Å². The topological polar surface area (TPSA) is 45.0 Å². The summed E-state index contributed by atoms with van der Waals surface area (Å²) in [5, 5.41) is 16.7. The van der Waals surface area contributed by atoms with Crippen LogP contribution in [-0.4, -0.2) is 11.7 Å². The van der Waals surface area contributed by atoms with Gasteiger partial charge in [0, 0.05) is 5.56 Å². The van der Waals surface area contributed by atoms with E-state index < -0.39 is 0 Å². The Kier molecular flexibility index (Phi) is 1.43. The molecule has 0 bridgehead atoms. The van der Waals surface area contributed by atoms with Crippen LogP contribution in [0.25, 0.3) is 0 Å². The number of hydrogen-bond donors (Lipinski definition) is 1. The molecule has 3 heteroatoms. The molecule has 1 aliphatic rings. The van der Waals surface area contributed by atoms with Crippen LogP contribution in [0.15, 0.2) is 34.5 Å². The van der Waals surface area contributed by atoms with E-state index in [4.69, 9.17) is 5.11 Å². The molecule has 1 aromatic carbocycles. The number of benzene rings is 1. The minimum atomic E-state index is -0.133. The van der Waals surface area contributed by atoms with E-state index in [1.807, 2.05) is 24.3 Å². The maximum absolute atomic E-state index is 8.86. The summed E-state index contributed by atoms with van der Waals surface area (Å²) in [7, 11) is 0. The summed E-state index contributed by atoms with van der Waals surface area (Å²) in [5.41, 5.74) is 1.90. The van der Waals surface area contributed by atoms with Gasteiger partial charge in [-0.1, -0.05) is 18.2 Å². The summed E-state index contributed by atoms with van der Waals surface area (Å²) in [6, 6.07) is 7.55. The van der Waals surface area contributed by atoms with Gasteiger partial charge in [0.2, 0.25) is 0 Å². The molecule has 0 spiro atoms. The first kappa shape index (κ1) is 6.49. The summed E-state index contributed by atoms with van der Waals surface area (Å²) in [6.07, 6.45) is 0. The van der Waals surface area contributed by atoms with Crippen LogP contribution < -0.4 is 0 Å². The van der Waals surface area contributed by atoms with Gasteiger partial charge >= 0.3 is 0 Å². The molecule has 1 aromatic rings. The summed E-state index contributed by atoms with van der Waals surface area (Å²) in [6.45, 7) is 0.0422. The lowest BCUT2D eigenvalue weighted by molar-refractivity contribution is 0.269. The molecule has 1 atom stereocenters. The number of hydrogen-bond acceptors (Lipinski definition) is 3. The fraction of sp³-hybridized carbons (Fsp3) is 0.250. The maximum atomic E-state index is 8.86. The third-order valence-corrected chi connectivity index (χ3v) is 1.77. The van der Waals surface area contributed by atoms with Crippen molar-refractivity contribution in [3.05, 3.63) is 29.8 Å². The summed E-state index contributed by atoms with van der Waals surface area (Å²) in [5.74, 6) is 0. The normalized spacial score (nSPS) is 20.3. The molecule has 1 unspecified atom stereocenters. The highest BCUT2D eigenvalue weighted by Crippen LogP contribution is 2.34. The van der Waals surface area contributed by atoms with Gasteiger partial charge in [0.15, 0.2) is 0 Å². The fourth-order valence-corrected chi connectivity index (χ4v) is 1.19. The molecule has 3 nitrogen and oxygen atoms in total. The Balaban J connectivity index is 2.46. The fourth-order valence-electron chi connectivity index (χ4n) is 1.19. The van der Waals surface area contributed by atoms with Crippen LogP contribution in [-0.2, 0) is 0 Å². The van der Waals surface area contributed by atoms with Crippen molar-refractivity contribution >= 4 is 5.69 Å². The minimum absolute atomic E-state index is 0.0422. The summed E-state index contributed by atoms with van der Waals surface area (Å²) < 4.78 is 0. The Morgan fingerprint density at radius 3 is 3.00 bits per heavy atom. The molecule has 1 aliphatic heterocycles. The van der Waals surface area contributed by atoms with Crippen LogP contribution in [0.1, 0.15) is 11.6 Å².